The van der Waals surface area contributed by atoms with E-state index < -0.39 is 10.9 Å². The van der Waals surface area contributed by atoms with Crippen LogP contribution in [0.4, 0.5) is 11.4 Å². The Kier molecular flexibility index (Phi) is 4.71. The molecule has 0 unspecified atom stereocenters. The van der Waals surface area contributed by atoms with E-state index in [2.05, 4.69) is 4.74 Å². The van der Waals surface area contributed by atoms with Crippen LogP contribution < -0.4 is 4.90 Å². The maximum atomic E-state index is 13.1. The zero-order valence-corrected chi connectivity index (χ0v) is 14.5. The molecule has 0 saturated carbocycles. The third-order valence-electron chi connectivity index (χ3n) is 4.46. The number of aryl methyl sites for hydroxylation is 2. The fraction of sp³-hybridized carbons (Fsp3) is 0.263. The van der Waals surface area contributed by atoms with E-state index >= 15 is 0 Å². The first-order valence-electron chi connectivity index (χ1n) is 8.20. The van der Waals surface area contributed by atoms with Crippen molar-refractivity contribution in [3.63, 3.8) is 0 Å². The van der Waals surface area contributed by atoms with Gasteiger partial charge in [0.15, 0.2) is 0 Å². The molecular formula is C19H18N2O5. The molecule has 2 aromatic rings. The van der Waals surface area contributed by atoms with Crippen LogP contribution in [0.5, 0.6) is 0 Å². The quantitative estimate of drug-likeness (QED) is 0.479. The minimum atomic E-state index is -0.724. The molecule has 26 heavy (non-hydrogen) atoms. The Balaban J connectivity index is 2.08. The minimum absolute atomic E-state index is 0.0212. The molecule has 7 nitrogen and oxygen atoms in total. The van der Waals surface area contributed by atoms with Crippen molar-refractivity contribution in [3.8, 4) is 0 Å². The normalized spacial score (nSPS) is 13.1. The number of hydrogen-bond donors (Lipinski definition) is 0. The number of carbonyl (C=O) groups excluding carboxylic acids is 2. The lowest BCUT2D eigenvalue weighted by Crippen LogP contribution is -2.36. The predicted octanol–water partition coefficient (Wildman–Crippen LogP) is 3.28. The van der Waals surface area contributed by atoms with E-state index in [0.717, 1.165) is 35.7 Å². The van der Waals surface area contributed by atoms with Gasteiger partial charge in [0.2, 0.25) is 0 Å². The van der Waals surface area contributed by atoms with Gasteiger partial charge in [-0.1, -0.05) is 18.2 Å². The molecule has 2 aromatic carbocycles. The number of fused-ring (bicyclic) bond motifs is 1. The van der Waals surface area contributed by atoms with Gasteiger partial charge in [-0.25, -0.2) is 4.79 Å². The molecule has 0 saturated heterocycles. The third-order valence-corrected chi connectivity index (χ3v) is 4.46. The summed E-state index contributed by atoms with van der Waals surface area (Å²) in [5.74, 6) is -1.09. The number of nitrogens with zero attached hydrogens (tertiary/aromatic N) is 2. The average molecular weight is 354 g/mol. The largest absolute Gasteiger partial charge is 0.465 e. The Hall–Kier alpha value is -3.22. The van der Waals surface area contributed by atoms with E-state index in [1.165, 1.54) is 19.2 Å². The lowest BCUT2D eigenvalue weighted by molar-refractivity contribution is -0.384. The van der Waals surface area contributed by atoms with Gasteiger partial charge in [0.25, 0.3) is 11.6 Å². The molecular weight excluding hydrogens is 336 g/mol. The van der Waals surface area contributed by atoms with Crippen molar-refractivity contribution in [1.82, 2.24) is 0 Å². The number of non-ortho nitro benzene ring substituents is 1. The van der Waals surface area contributed by atoms with Gasteiger partial charge >= 0.3 is 5.97 Å². The van der Waals surface area contributed by atoms with Crippen LogP contribution in [0.25, 0.3) is 0 Å². The van der Waals surface area contributed by atoms with Crippen molar-refractivity contribution in [2.24, 2.45) is 0 Å². The molecule has 1 heterocycles. The summed E-state index contributed by atoms with van der Waals surface area (Å²) >= 11 is 0. The van der Waals surface area contributed by atoms with Gasteiger partial charge in [-0.2, -0.15) is 0 Å². The van der Waals surface area contributed by atoms with E-state index in [1.54, 1.807) is 4.90 Å². The summed E-state index contributed by atoms with van der Waals surface area (Å²) in [6, 6.07) is 9.50. The molecule has 134 valence electrons. The standard InChI is InChI=1S/C19H18N2O5/c1-12-5-3-6-13-7-4-8-20(17(12)13)18(22)14-9-15(19(23)26-2)11-16(10-14)21(24)25/h3,5-6,9-11H,4,7-8H2,1-2H3. The summed E-state index contributed by atoms with van der Waals surface area (Å²) in [6.07, 6.45) is 1.68. The first-order chi connectivity index (χ1) is 12.4. The number of amides is 1. The second-order valence-corrected chi connectivity index (χ2v) is 6.16. The summed E-state index contributed by atoms with van der Waals surface area (Å²) in [5.41, 5.74) is 2.63. The van der Waals surface area contributed by atoms with E-state index in [1.807, 2.05) is 25.1 Å². The summed E-state index contributed by atoms with van der Waals surface area (Å²) in [7, 11) is 1.19. The summed E-state index contributed by atoms with van der Waals surface area (Å²) < 4.78 is 4.64. The summed E-state index contributed by atoms with van der Waals surface area (Å²) in [4.78, 5) is 37.1. The number of rotatable bonds is 3. The van der Waals surface area contributed by atoms with Crippen molar-refractivity contribution < 1.29 is 19.2 Å². The number of para-hydroxylation sites is 1. The fourth-order valence-electron chi connectivity index (χ4n) is 3.28. The van der Waals surface area contributed by atoms with Gasteiger partial charge in [0, 0.05) is 24.2 Å². The highest BCUT2D eigenvalue weighted by Crippen LogP contribution is 2.32. The van der Waals surface area contributed by atoms with Crippen LogP contribution in [0.2, 0.25) is 0 Å². The van der Waals surface area contributed by atoms with Crippen LogP contribution in [0.1, 0.15) is 38.3 Å². The van der Waals surface area contributed by atoms with Crippen LogP contribution in [0, 0.1) is 17.0 Å². The molecule has 1 amide bonds. The van der Waals surface area contributed by atoms with Crippen LogP contribution in [0.3, 0.4) is 0 Å². The first kappa shape index (κ1) is 17.6. The lowest BCUT2D eigenvalue weighted by atomic mass is 9.97. The predicted molar refractivity (Wildman–Crippen MR) is 95.6 cm³/mol. The van der Waals surface area contributed by atoms with Gasteiger partial charge in [-0.05, 0) is 37.0 Å². The molecule has 0 bridgehead atoms. The molecule has 0 N–H and O–H groups in total. The van der Waals surface area contributed by atoms with Crippen LogP contribution in [-0.2, 0) is 11.2 Å². The van der Waals surface area contributed by atoms with Gasteiger partial charge in [0.05, 0.1) is 23.3 Å². The smallest absolute Gasteiger partial charge is 0.338 e. The van der Waals surface area contributed by atoms with Gasteiger partial charge in [-0.3, -0.25) is 14.9 Å². The second kappa shape index (κ2) is 6.95. The van der Waals surface area contributed by atoms with Crippen molar-refractivity contribution in [1.29, 1.82) is 0 Å². The monoisotopic (exact) mass is 354 g/mol. The number of ether oxygens (including phenoxy) is 1. The number of anilines is 1. The number of methoxy groups -OCH3 is 1. The number of hydrogen-bond acceptors (Lipinski definition) is 5. The maximum Gasteiger partial charge on any atom is 0.338 e. The zero-order valence-electron chi connectivity index (χ0n) is 14.5. The van der Waals surface area contributed by atoms with Gasteiger partial charge in [-0.15, -0.1) is 0 Å². The van der Waals surface area contributed by atoms with Crippen LogP contribution in [-0.4, -0.2) is 30.5 Å². The van der Waals surface area contributed by atoms with Gasteiger partial charge < -0.3 is 9.64 Å². The average Bonchev–Trinajstić information content (AvgIpc) is 2.66. The maximum absolute atomic E-state index is 13.1. The molecule has 0 aliphatic carbocycles. The van der Waals surface area contributed by atoms with Crippen molar-refractivity contribution >= 4 is 23.3 Å². The molecule has 7 heteroatoms. The Morgan fingerprint density at radius 3 is 2.62 bits per heavy atom. The molecule has 1 aliphatic heterocycles. The van der Waals surface area contributed by atoms with Crippen LogP contribution >= 0.6 is 0 Å². The second-order valence-electron chi connectivity index (χ2n) is 6.16. The number of nitro groups is 1. The number of nitro benzene ring substituents is 1. The SMILES string of the molecule is COC(=O)c1cc(C(=O)N2CCCc3cccc(C)c32)cc([N+](=O)[O-])c1. The molecule has 0 atom stereocenters. The highest BCUT2D eigenvalue weighted by molar-refractivity contribution is 6.08. The summed E-state index contributed by atoms with van der Waals surface area (Å²) in [6.45, 7) is 2.45. The molecule has 0 spiro atoms. The van der Waals surface area contributed by atoms with Crippen LogP contribution in [0.15, 0.2) is 36.4 Å². The van der Waals surface area contributed by atoms with Crippen molar-refractivity contribution in [2.45, 2.75) is 19.8 Å². The fourth-order valence-corrected chi connectivity index (χ4v) is 3.28. The van der Waals surface area contributed by atoms with Crippen molar-refractivity contribution in [3.05, 3.63) is 68.8 Å². The van der Waals surface area contributed by atoms with E-state index in [4.69, 9.17) is 0 Å². The molecule has 1 aliphatic rings. The highest BCUT2D eigenvalue weighted by Gasteiger charge is 2.27. The molecule has 0 radical (unpaired) electrons. The Bertz CT molecular complexity index is 907. The number of benzene rings is 2. The van der Waals surface area contributed by atoms with E-state index in [0.29, 0.717) is 6.54 Å². The Labute approximate surface area is 150 Å². The van der Waals surface area contributed by atoms with E-state index in [9.17, 15) is 19.7 Å². The summed E-state index contributed by atoms with van der Waals surface area (Å²) in [5, 5.41) is 11.2. The third kappa shape index (κ3) is 3.15. The molecule has 3 rings (SSSR count). The van der Waals surface area contributed by atoms with Gasteiger partial charge in [0.1, 0.15) is 0 Å². The molecule has 0 aromatic heterocycles. The highest BCUT2D eigenvalue weighted by atomic mass is 16.6. The minimum Gasteiger partial charge on any atom is -0.465 e. The Morgan fingerprint density at radius 2 is 1.92 bits per heavy atom. The van der Waals surface area contributed by atoms with Crippen molar-refractivity contribution in [2.75, 3.05) is 18.6 Å². The lowest BCUT2D eigenvalue weighted by Gasteiger charge is -2.31. The first-order valence-corrected chi connectivity index (χ1v) is 8.20. The van der Waals surface area contributed by atoms with E-state index in [-0.39, 0.29) is 22.7 Å². The zero-order chi connectivity index (χ0) is 18.8. The molecule has 0 fully saturated rings. The Morgan fingerprint density at radius 1 is 1.19 bits per heavy atom. The number of carbonyl (C=O) groups is 2. The number of esters is 1. The topological polar surface area (TPSA) is 89.8 Å².